The van der Waals surface area contributed by atoms with Gasteiger partial charge in [-0.25, -0.2) is 9.78 Å². The Morgan fingerprint density at radius 1 is 1.26 bits per heavy atom. The highest BCUT2D eigenvalue weighted by atomic mass is 35.5. The molecule has 0 aliphatic rings. The maximum Gasteiger partial charge on any atom is 0.331 e. The third-order valence-electron chi connectivity index (χ3n) is 3.40. The van der Waals surface area contributed by atoms with Gasteiger partial charge >= 0.3 is 5.97 Å². The Hall–Kier alpha value is -2.66. The number of fused-ring (bicyclic) bond motifs is 1. The van der Waals surface area contributed by atoms with E-state index < -0.39 is 5.97 Å². The number of benzene rings is 2. The van der Waals surface area contributed by atoms with Crippen LogP contribution < -0.4 is 10.3 Å². The highest BCUT2D eigenvalue weighted by Crippen LogP contribution is 2.21. The van der Waals surface area contributed by atoms with Crippen molar-refractivity contribution in [2.75, 3.05) is 0 Å². The number of carbonyl (C=O) groups is 1. The molecule has 0 radical (unpaired) electrons. The van der Waals surface area contributed by atoms with Crippen molar-refractivity contribution in [3.8, 4) is 5.75 Å². The van der Waals surface area contributed by atoms with Gasteiger partial charge in [-0.05, 0) is 42.8 Å². The summed E-state index contributed by atoms with van der Waals surface area (Å²) in [7, 11) is 0. The third-order valence-corrected chi connectivity index (χ3v) is 3.83. The van der Waals surface area contributed by atoms with Crippen molar-refractivity contribution in [2.24, 2.45) is 0 Å². The molecule has 0 bridgehead atoms. The summed E-state index contributed by atoms with van der Waals surface area (Å²) >= 11 is 5.94. The second-order valence-corrected chi connectivity index (χ2v) is 5.46. The van der Waals surface area contributed by atoms with Gasteiger partial charge in [0.15, 0.2) is 0 Å². The van der Waals surface area contributed by atoms with Crippen LogP contribution >= 0.6 is 11.6 Å². The zero-order chi connectivity index (χ0) is 16.4. The Kier molecular flexibility index (Phi) is 4.12. The Balaban J connectivity index is 1.87. The summed E-state index contributed by atoms with van der Waals surface area (Å²) in [6.07, 6.45) is 1.20. The molecule has 1 heterocycles. The molecule has 0 amide bonds. The number of halogens is 1. The van der Waals surface area contributed by atoms with Crippen molar-refractivity contribution in [1.82, 2.24) is 9.55 Å². The van der Waals surface area contributed by atoms with Gasteiger partial charge in [0.25, 0.3) is 5.56 Å². The fraction of sp³-hybridized carbons (Fsp3) is 0.118. The van der Waals surface area contributed by atoms with Crippen molar-refractivity contribution < 1.29 is 9.53 Å². The van der Waals surface area contributed by atoms with Crippen LogP contribution in [0.1, 0.15) is 5.56 Å². The highest BCUT2D eigenvalue weighted by Gasteiger charge is 2.11. The van der Waals surface area contributed by atoms with E-state index in [0.29, 0.717) is 21.8 Å². The summed E-state index contributed by atoms with van der Waals surface area (Å²) in [6, 6.07) is 12.1. The average Bonchev–Trinajstić information content (AvgIpc) is 2.54. The molecule has 0 atom stereocenters. The molecule has 6 heteroatoms. The zero-order valence-electron chi connectivity index (χ0n) is 12.3. The maximum atomic E-state index is 12.1. The van der Waals surface area contributed by atoms with Crippen LogP contribution in [0.2, 0.25) is 5.02 Å². The average molecular weight is 329 g/mol. The van der Waals surface area contributed by atoms with Crippen molar-refractivity contribution in [1.29, 1.82) is 0 Å². The second kappa shape index (κ2) is 6.22. The first-order chi connectivity index (χ1) is 11.0. The van der Waals surface area contributed by atoms with Gasteiger partial charge in [0.05, 0.1) is 17.2 Å². The van der Waals surface area contributed by atoms with E-state index in [2.05, 4.69) is 4.98 Å². The first-order valence-electron chi connectivity index (χ1n) is 6.96. The van der Waals surface area contributed by atoms with Crippen LogP contribution in [-0.4, -0.2) is 15.5 Å². The lowest BCUT2D eigenvalue weighted by Crippen LogP contribution is -2.26. The van der Waals surface area contributed by atoms with Crippen molar-refractivity contribution >= 4 is 28.6 Å². The normalized spacial score (nSPS) is 10.7. The molecule has 3 aromatic rings. The fourth-order valence-corrected chi connectivity index (χ4v) is 2.37. The first-order valence-corrected chi connectivity index (χ1v) is 7.34. The minimum Gasteiger partial charge on any atom is -0.425 e. The summed E-state index contributed by atoms with van der Waals surface area (Å²) < 4.78 is 6.62. The number of hydrogen-bond donors (Lipinski definition) is 0. The topological polar surface area (TPSA) is 61.2 Å². The number of esters is 1. The third kappa shape index (κ3) is 3.24. The van der Waals surface area contributed by atoms with Crippen LogP contribution in [0.25, 0.3) is 11.0 Å². The van der Waals surface area contributed by atoms with Crippen LogP contribution in [0, 0.1) is 6.92 Å². The molecule has 116 valence electrons. The predicted octanol–water partition coefficient (Wildman–Crippen LogP) is 2.96. The molecule has 0 fully saturated rings. The monoisotopic (exact) mass is 328 g/mol. The predicted molar refractivity (Wildman–Crippen MR) is 87.8 cm³/mol. The smallest absolute Gasteiger partial charge is 0.331 e. The molecular weight excluding hydrogens is 316 g/mol. The van der Waals surface area contributed by atoms with Gasteiger partial charge in [-0.2, -0.15) is 0 Å². The quantitative estimate of drug-likeness (QED) is 0.548. The summed E-state index contributed by atoms with van der Waals surface area (Å²) in [5.41, 5.74) is 1.68. The van der Waals surface area contributed by atoms with Crippen LogP contribution in [-0.2, 0) is 11.3 Å². The lowest BCUT2D eigenvalue weighted by Gasteiger charge is -2.10. The summed E-state index contributed by atoms with van der Waals surface area (Å²) in [6.45, 7) is 1.63. The summed E-state index contributed by atoms with van der Waals surface area (Å²) in [5, 5.41) is 0.598. The van der Waals surface area contributed by atoms with Gasteiger partial charge in [0.2, 0.25) is 0 Å². The maximum absolute atomic E-state index is 12.1. The van der Waals surface area contributed by atoms with E-state index in [9.17, 15) is 9.59 Å². The minimum absolute atomic E-state index is 0.191. The van der Waals surface area contributed by atoms with Gasteiger partial charge in [-0.1, -0.05) is 23.7 Å². The number of aromatic nitrogens is 2. The van der Waals surface area contributed by atoms with Crippen molar-refractivity contribution in [2.45, 2.75) is 13.5 Å². The van der Waals surface area contributed by atoms with Gasteiger partial charge in [0, 0.05) is 5.02 Å². The molecule has 0 spiro atoms. The van der Waals surface area contributed by atoms with Crippen LogP contribution in [0.5, 0.6) is 5.75 Å². The van der Waals surface area contributed by atoms with E-state index in [-0.39, 0.29) is 12.1 Å². The molecule has 2 aromatic carbocycles. The molecule has 23 heavy (non-hydrogen) atoms. The van der Waals surface area contributed by atoms with Crippen LogP contribution in [0.15, 0.2) is 53.5 Å². The van der Waals surface area contributed by atoms with Crippen LogP contribution in [0.3, 0.4) is 0 Å². The molecule has 5 nitrogen and oxygen atoms in total. The molecular formula is C17H13ClN2O3. The lowest BCUT2D eigenvalue weighted by molar-refractivity contribution is -0.135. The summed E-state index contributed by atoms with van der Waals surface area (Å²) in [5.74, 6) is -0.145. The number of rotatable bonds is 3. The molecule has 0 saturated heterocycles. The molecule has 0 N–H and O–H groups in total. The largest absolute Gasteiger partial charge is 0.425 e. The molecule has 0 saturated carbocycles. The molecule has 0 unspecified atom stereocenters. The van der Waals surface area contributed by atoms with Crippen molar-refractivity contribution in [3.05, 3.63) is 69.6 Å². The molecule has 0 aliphatic heterocycles. The van der Waals surface area contributed by atoms with Gasteiger partial charge in [-0.3, -0.25) is 9.36 Å². The molecule has 1 aromatic heterocycles. The molecule has 3 rings (SSSR count). The number of ether oxygens (including phenoxy) is 1. The van der Waals surface area contributed by atoms with Crippen LogP contribution in [0.4, 0.5) is 0 Å². The van der Waals surface area contributed by atoms with Gasteiger partial charge in [-0.15, -0.1) is 0 Å². The lowest BCUT2D eigenvalue weighted by atomic mass is 10.2. The van der Waals surface area contributed by atoms with Gasteiger partial charge in [0.1, 0.15) is 12.3 Å². The summed E-state index contributed by atoms with van der Waals surface area (Å²) in [4.78, 5) is 28.2. The standard InChI is InChI=1S/C17H13ClN2O3/c1-11-8-12(6-7-13(11)18)23-17(22)10-20-15-5-3-2-4-14(15)19-9-16(20)21/h2-9H,10H2,1H3. The van der Waals surface area contributed by atoms with E-state index in [1.54, 1.807) is 36.4 Å². The van der Waals surface area contributed by atoms with Crippen molar-refractivity contribution in [3.63, 3.8) is 0 Å². The molecule has 0 aliphatic carbocycles. The van der Waals surface area contributed by atoms with Gasteiger partial charge < -0.3 is 4.74 Å². The SMILES string of the molecule is Cc1cc(OC(=O)Cn2c(=O)cnc3ccccc32)ccc1Cl. The second-order valence-electron chi connectivity index (χ2n) is 5.06. The van der Waals surface area contributed by atoms with E-state index in [1.807, 2.05) is 13.0 Å². The zero-order valence-corrected chi connectivity index (χ0v) is 13.1. The number of hydrogen-bond acceptors (Lipinski definition) is 4. The minimum atomic E-state index is -0.537. The number of para-hydroxylation sites is 2. The Morgan fingerprint density at radius 2 is 2.04 bits per heavy atom. The first kappa shape index (κ1) is 15.2. The number of nitrogens with zero attached hydrogens (tertiary/aromatic N) is 2. The van der Waals surface area contributed by atoms with E-state index in [0.717, 1.165) is 5.56 Å². The Morgan fingerprint density at radius 3 is 2.83 bits per heavy atom. The van der Waals surface area contributed by atoms with E-state index >= 15 is 0 Å². The Bertz CT molecular complexity index is 950. The fourth-order valence-electron chi connectivity index (χ4n) is 2.25. The van der Waals surface area contributed by atoms with E-state index in [1.165, 1.54) is 10.8 Å². The number of aryl methyl sites for hydroxylation is 1. The number of carbonyl (C=O) groups excluding carboxylic acids is 1. The highest BCUT2D eigenvalue weighted by molar-refractivity contribution is 6.31. The van der Waals surface area contributed by atoms with E-state index in [4.69, 9.17) is 16.3 Å². The Labute approximate surface area is 137 Å².